The molecule has 1 heterocycles. The first-order valence-electron chi connectivity index (χ1n) is 9.16. The molecule has 144 valence electrons. The van der Waals surface area contributed by atoms with E-state index in [4.69, 9.17) is 11.6 Å². The quantitative estimate of drug-likeness (QED) is 0.634. The summed E-state index contributed by atoms with van der Waals surface area (Å²) < 4.78 is 0. The summed E-state index contributed by atoms with van der Waals surface area (Å²) in [6.07, 6.45) is 4.00. The first-order chi connectivity index (χ1) is 13.5. The molecular formula is C23H23ClN2O2. The van der Waals surface area contributed by atoms with Crippen LogP contribution in [0.3, 0.4) is 0 Å². The van der Waals surface area contributed by atoms with Crippen molar-refractivity contribution in [1.29, 1.82) is 0 Å². The Morgan fingerprint density at radius 1 is 1.07 bits per heavy atom. The number of carbonyl (C=O) groups excluding carboxylic acids is 1. The van der Waals surface area contributed by atoms with Crippen molar-refractivity contribution in [2.45, 2.75) is 24.9 Å². The summed E-state index contributed by atoms with van der Waals surface area (Å²) in [4.78, 5) is 17.1. The number of hydrogen-bond acceptors (Lipinski definition) is 3. The standard InChI is InChI=1S/C23H23ClN2O2/c1-23(28,19-7-9-20(24)10-8-19)16-26-22(27)21(18-5-3-2-4-6-18)15-17-11-13-25-14-12-17/h2-14,21,28H,15-16H2,1H3,(H,26,27). The summed E-state index contributed by atoms with van der Waals surface area (Å²) in [7, 11) is 0. The maximum absolute atomic E-state index is 13.0. The normalized spacial score (nSPS) is 14.1. The Kier molecular flexibility index (Phi) is 6.45. The number of halogens is 1. The molecule has 0 saturated heterocycles. The van der Waals surface area contributed by atoms with Gasteiger partial charge in [0, 0.05) is 17.4 Å². The first kappa shape index (κ1) is 20.1. The van der Waals surface area contributed by atoms with E-state index in [0.29, 0.717) is 17.0 Å². The molecule has 3 rings (SSSR count). The Morgan fingerprint density at radius 2 is 1.71 bits per heavy atom. The van der Waals surface area contributed by atoms with E-state index in [9.17, 15) is 9.90 Å². The molecule has 0 fully saturated rings. The third-order valence-corrected chi connectivity index (χ3v) is 5.03. The van der Waals surface area contributed by atoms with Gasteiger partial charge >= 0.3 is 0 Å². The first-order valence-corrected chi connectivity index (χ1v) is 9.53. The third-order valence-electron chi connectivity index (χ3n) is 4.78. The molecule has 2 unspecified atom stereocenters. The summed E-state index contributed by atoms with van der Waals surface area (Å²) in [5.74, 6) is -0.484. The molecule has 1 aromatic heterocycles. The van der Waals surface area contributed by atoms with Crippen LogP contribution in [0.5, 0.6) is 0 Å². The lowest BCUT2D eigenvalue weighted by atomic mass is 9.90. The molecule has 0 aliphatic carbocycles. The maximum atomic E-state index is 13.0. The number of aliphatic hydroxyl groups is 1. The van der Waals surface area contributed by atoms with Gasteiger partial charge in [-0.05, 0) is 54.3 Å². The molecule has 28 heavy (non-hydrogen) atoms. The van der Waals surface area contributed by atoms with Gasteiger partial charge in [-0.2, -0.15) is 0 Å². The highest BCUT2D eigenvalue weighted by molar-refractivity contribution is 6.30. The van der Waals surface area contributed by atoms with Crippen LogP contribution in [0.15, 0.2) is 79.1 Å². The molecule has 0 spiro atoms. The van der Waals surface area contributed by atoms with E-state index in [1.165, 1.54) is 0 Å². The van der Waals surface area contributed by atoms with Crippen molar-refractivity contribution in [3.05, 3.63) is 101 Å². The van der Waals surface area contributed by atoms with Crippen molar-refractivity contribution in [3.8, 4) is 0 Å². The number of benzene rings is 2. The Balaban J connectivity index is 1.74. The predicted octanol–water partition coefficient (Wildman–Crippen LogP) is 4.09. The second-order valence-electron chi connectivity index (χ2n) is 7.02. The molecule has 0 aliphatic rings. The molecular weight excluding hydrogens is 372 g/mol. The lowest BCUT2D eigenvalue weighted by molar-refractivity contribution is -0.123. The maximum Gasteiger partial charge on any atom is 0.227 e. The largest absolute Gasteiger partial charge is 0.384 e. The van der Waals surface area contributed by atoms with Crippen LogP contribution < -0.4 is 5.32 Å². The van der Waals surface area contributed by atoms with E-state index < -0.39 is 5.60 Å². The number of rotatable bonds is 7. The fraction of sp³-hybridized carbons (Fsp3) is 0.217. The number of nitrogens with one attached hydrogen (secondary N) is 1. The van der Waals surface area contributed by atoms with Gasteiger partial charge in [0.15, 0.2) is 0 Å². The molecule has 4 nitrogen and oxygen atoms in total. The topological polar surface area (TPSA) is 62.2 Å². The minimum atomic E-state index is -1.20. The lowest BCUT2D eigenvalue weighted by Gasteiger charge is -2.26. The summed E-state index contributed by atoms with van der Waals surface area (Å²) in [6, 6.07) is 20.5. The van der Waals surface area contributed by atoms with Crippen molar-refractivity contribution < 1.29 is 9.90 Å². The molecule has 5 heteroatoms. The zero-order chi connectivity index (χ0) is 20.0. The molecule has 2 N–H and O–H groups in total. The zero-order valence-electron chi connectivity index (χ0n) is 15.7. The van der Waals surface area contributed by atoms with E-state index >= 15 is 0 Å². The number of aromatic nitrogens is 1. The van der Waals surface area contributed by atoms with Gasteiger partial charge in [-0.3, -0.25) is 9.78 Å². The summed E-state index contributed by atoms with van der Waals surface area (Å²) >= 11 is 5.92. The number of pyridine rings is 1. The van der Waals surface area contributed by atoms with Gasteiger partial charge in [0.05, 0.1) is 12.5 Å². The summed E-state index contributed by atoms with van der Waals surface area (Å²) in [6.45, 7) is 1.78. The Bertz CT molecular complexity index is 897. The van der Waals surface area contributed by atoms with Crippen LogP contribution in [-0.2, 0) is 16.8 Å². The highest BCUT2D eigenvalue weighted by atomic mass is 35.5. The van der Waals surface area contributed by atoms with Gasteiger partial charge in [0.25, 0.3) is 0 Å². The van der Waals surface area contributed by atoms with Gasteiger partial charge in [0.2, 0.25) is 5.91 Å². The second kappa shape index (κ2) is 9.00. The van der Waals surface area contributed by atoms with E-state index in [-0.39, 0.29) is 18.4 Å². The average Bonchev–Trinajstić information content (AvgIpc) is 2.72. The van der Waals surface area contributed by atoms with Gasteiger partial charge in [0.1, 0.15) is 5.60 Å². The number of hydrogen-bond donors (Lipinski definition) is 2. The van der Waals surface area contributed by atoms with Crippen molar-refractivity contribution in [1.82, 2.24) is 10.3 Å². The van der Waals surface area contributed by atoms with Gasteiger partial charge in [-0.1, -0.05) is 54.1 Å². The molecule has 0 radical (unpaired) electrons. The van der Waals surface area contributed by atoms with Crippen LogP contribution in [0.2, 0.25) is 5.02 Å². The molecule has 3 aromatic rings. The lowest BCUT2D eigenvalue weighted by Crippen LogP contribution is -2.41. The highest BCUT2D eigenvalue weighted by Gasteiger charge is 2.27. The van der Waals surface area contributed by atoms with Crippen LogP contribution >= 0.6 is 11.6 Å². The average molecular weight is 395 g/mol. The zero-order valence-corrected chi connectivity index (χ0v) is 16.4. The Hall–Kier alpha value is -2.69. The van der Waals surface area contributed by atoms with Crippen molar-refractivity contribution in [2.75, 3.05) is 6.54 Å². The molecule has 2 atom stereocenters. The molecule has 1 amide bonds. The highest BCUT2D eigenvalue weighted by Crippen LogP contribution is 2.24. The van der Waals surface area contributed by atoms with Crippen molar-refractivity contribution in [3.63, 3.8) is 0 Å². The fourth-order valence-electron chi connectivity index (χ4n) is 3.10. The number of nitrogens with zero attached hydrogens (tertiary/aromatic N) is 1. The van der Waals surface area contributed by atoms with Crippen LogP contribution in [0.1, 0.15) is 29.5 Å². The van der Waals surface area contributed by atoms with E-state index in [1.54, 1.807) is 43.6 Å². The van der Waals surface area contributed by atoms with Crippen LogP contribution in [0.4, 0.5) is 0 Å². The van der Waals surface area contributed by atoms with Crippen molar-refractivity contribution >= 4 is 17.5 Å². The SMILES string of the molecule is CC(O)(CNC(=O)C(Cc1ccncc1)c1ccccc1)c1ccc(Cl)cc1. The summed E-state index contributed by atoms with van der Waals surface area (Å²) in [5.41, 5.74) is 1.46. The van der Waals surface area contributed by atoms with Crippen LogP contribution in [-0.4, -0.2) is 22.5 Å². The number of amides is 1. The molecule has 2 aromatic carbocycles. The van der Waals surface area contributed by atoms with Crippen molar-refractivity contribution in [2.24, 2.45) is 0 Å². The third kappa shape index (κ3) is 5.18. The number of carbonyl (C=O) groups is 1. The molecule has 0 saturated carbocycles. The van der Waals surface area contributed by atoms with Crippen LogP contribution in [0.25, 0.3) is 0 Å². The molecule has 0 bridgehead atoms. The van der Waals surface area contributed by atoms with E-state index in [1.807, 2.05) is 42.5 Å². The fourth-order valence-corrected chi connectivity index (χ4v) is 3.22. The second-order valence-corrected chi connectivity index (χ2v) is 7.46. The van der Waals surface area contributed by atoms with E-state index in [0.717, 1.165) is 11.1 Å². The Labute approximate surface area is 170 Å². The predicted molar refractivity (Wildman–Crippen MR) is 111 cm³/mol. The van der Waals surface area contributed by atoms with Gasteiger partial charge in [-0.15, -0.1) is 0 Å². The minimum Gasteiger partial charge on any atom is -0.384 e. The van der Waals surface area contributed by atoms with Gasteiger partial charge < -0.3 is 10.4 Å². The molecule has 0 aliphatic heterocycles. The smallest absolute Gasteiger partial charge is 0.227 e. The van der Waals surface area contributed by atoms with Gasteiger partial charge in [-0.25, -0.2) is 0 Å². The monoisotopic (exact) mass is 394 g/mol. The Morgan fingerprint density at radius 3 is 2.36 bits per heavy atom. The minimum absolute atomic E-state index is 0.104. The van der Waals surface area contributed by atoms with Crippen LogP contribution in [0, 0.1) is 0 Å². The summed E-state index contributed by atoms with van der Waals surface area (Å²) in [5, 5.41) is 14.3. The van der Waals surface area contributed by atoms with E-state index in [2.05, 4.69) is 10.3 Å².